The molecule has 1 N–H and O–H groups in total. The summed E-state index contributed by atoms with van der Waals surface area (Å²) < 4.78 is 39.5. The highest BCUT2D eigenvalue weighted by Crippen LogP contribution is 2.31. The lowest BCUT2D eigenvalue weighted by atomic mass is 10.2. The average molecular weight is 392 g/mol. The van der Waals surface area contributed by atoms with E-state index in [4.69, 9.17) is 23.2 Å². The fraction of sp³-hybridized carbons (Fsp3) is 0.133. The maximum atomic E-state index is 13.1. The topological polar surface area (TPSA) is 74.7 Å². The van der Waals surface area contributed by atoms with Gasteiger partial charge >= 0.3 is 5.97 Å². The Morgan fingerprint density at radius 1 is 1.12 bits per heavy atom. The van der Waals surface area contributed by atoms with Crippen molar-refractivity contribution in [2.24, 2.45) is 0 Å². The van der Waals surface area contributed by atoms with Gasteiger partial charge in [-0.25, -0.2) is 17.6 Å². The van der Waals surface area contributed by atoms with E-state index in [1.807, 2.05) is 0 Å². The highest BCUT2D eigenvalue weighted by molar-refractivity contribution is 7.92. The van der Waals surface area contributed by atoms with E-state index in [0.717, 1.165) is 24.3 Å². The van der Waals surface area contributed by atoms with Crippen LogP contribution in [0.2, 0.25) is 10.0 Å². The molecule has 0 aliphatic carbocycles. The zero-order valence-corrected chi connectivity index (χ0v) is 14.6. The van der Waals surface area contributed by atoms with Crippen molar-refractivity contribution < 1.29 is 22.7 Å². The van der Waals surface area contributed by atoms with Crippen LogP contribution in [0.1, 0.15) is 6.92 Å². The van der Waals surface area contributed by atoms with Crippen LogP contribution in [0, 0.1) is 5.82 Å². The van der Waals surface area contributed by atoms with E-state index in [0.29, 0.717) is 4.31 Å². The van der Waals surface area contributed by atoms with Crippen LogP contribution in [0.15, 0.2) is 47.4 Å². The van der Waals surface area contributed by atoms with E-state index < -0.39 is 27.9 Å². The Balaban J connectivity index is 2.66. The Bertz CT molecular complexity index is 851. The molecular weight excluding hydrogens is 380 g/mol. The summed E-state index contributed by atoms with van der Waals surface area (Å²) in [7, 11) is -4.28. The first kappa shape index (κ1) is 18.5. The van der Waals surface area contributed by atoms with Crippen LogP contribution in [0.25, 0.3) is 0 Å². The Morgan fingerprint density at radius 3 is 2.08 bits per heavy atom. The van der Waals surface area contributed by atoms with Crippen molar-refractivity contribution in [3.8, 4) is 0 Å². The quantitative estimate of drug-likeness (QED) is 0.840. The SMILES string of the molecule is CC(C(=O)O)N(c1cc(Cl)cc(Cl)c1)S(=O)(=O)c1ccc(F)cc1. The molecule has 0 fully saturated rings. The summed E-state index contributed by atoms with van der Waals surface area (Å²) in [6.07, 6.45) is 0. The van der Waals surface area contributed by atoms with Crippen molar-refractivity contribution in [3.63, 3.8) is 0 Å². The van der Waals surface area contributed by atoms with E-state index in [9.17, 15) is 22.7 Å². The molecule has 0 aromatic heterocycles. The monoisotopic (exact) mass is 391 g/mol. The normalized spacial score (nSPS) is 12.7. The van der Waals surface area contributed by atoms with E-state index >= 15 is 0 Å². The number of benzene rings is 2. The first-order valence-electron chi connectivity index (χ1n) is 6.62. The van der Waals surface area contributed by atoms with Gasteiger partial charge in [-0.15, -0.1) is 0 Å². The molecule has 0 aliphatic heterocycles. The van der Waals surface area contributed by atoms with Crippen LogP contribution in [0.3, 0.4) is 0 Å². The number of hydrogen-bond donors (Lipinski definition) is 1. The van der Waals surface area contributed by atoms with Gasteiger partial charge in [0.15, 0.2) is 0 Å². The van der Waals surface area contributed by atoms with Gasteiger partial charge in [-0.3, -0.25) is 4.31 Å². The van der Waals surface area contributed by atoms with Crippen molar-refractivity contribution in [1.29, 1.82) is 0 Å². The second-order valence-electron chi connectivity index (χ2n) is 4.90. The summed E-state index contributed by atoms with van der Waals surface area (Å²) in [6, 6.07) is 6.58. The van der Waals surface area contributed by atoms with Gasteiger partial charge in [-0.1, -0.05) is 23.2 Å². The van der Waals surface area contributed by atoms with Crippen molar-refractivity contribution in [2.75, 3.05) is 4.31 Å². The molecule has 2 aromatic carbocycles. The third kappa shape index (κ3) is 3.80. The number of rotatable bonds is 5. The van der Waals surface area contributed by atoms with Gasteiger partial charge in [0, 0.05) is 10.0 Å². The molecule has 24 heavy (non-hydrogen) atoms. The minimum Gasteiger partial charge on any atom is -0.480 e. The molecule has 1 atom stereocenters. The number of halogens is 3. The lowest BCUT2D eigenvalue weighted by molar-refractivity contribution is -0.137. The second kappa shape index (κ2) is 6.96. The number of anilines is 1. The van der Waals surface area contributed by atoms with E-state index in [-0.39, 0.29) is 20.6 Å². The maximum absolute atomic E-state index is 13.1. The first-order valence-corrected chi connectivity index (χ1v) is 8.81. The molecule has 0 saturated heterocycles. The molecule has 9 heteroatoms. The molecule has 0 amide bonds. The summed E-state index contributed by atoms with van der Waals surface area (Å²) in [5.41, 5.74) is -0.00766. The van der Waals surface area contributed by atoms with Gasteiger partial charge in [0.2, 0.25) is 0 Å². The third-order valence-corrected chi connectivity index (χ3v) is 5.53. The second-order valence-corrected chi connectivity index (χ2v) is 7.58. The summed E-state index contributed by atoms with van der Waals surface area (Å²) in [4.78, 5) is 11.1. The number of aliphatic carboxylic acids is 1. The molecule has 0 saturated carbocycles. The van der Waals surface area contributed by atoms with Crippen LogP contribution in [-0.4, -0.2) is 25.5 Å². The fourth-order valence-corrected chi connectivity index (χ4v) is 4.17. The molecule has 0 aliphatic rings. The van der Waals surface area contributed by atoms with Crippen molar-refractivity contribution in [2.45, 2.75) is 17.9 Å². The van der Waals surface area contributed by atoms with E-state index in [2.05, 4.69) is 0 Å². The summed E-state index contributed by atoms with van der Waals surface area (Å²) >= 11 is 11.8. The van der Waals surface area contributed by atoms with E-state index in [1.165, 1.54) is 25.1 Å². The van der Waals surface area contributed by atoms with Gasteiger partial charge in [0.25, 0.3) is 10.0 Å². The summed E-state index contributed by atoms with van der Waals surface area (Å²) in [6.45, 7) is 1.21. The van der Waals surface area contributed by atoms with Crippen molar-refractivity contribution >= 4 is 44.9 Å². The molecule has 0 spiro atoms. The largest absolute Gasteiger partial charge is 0.480 e. The highest BCUT2D eigenvalue weighted by atomic mass is 35.5. The molecule has 5 nitrogen and oxygen atoms in total. The molecule has 2 rings (SSSR count). The number of nitrogens with zero attached hydrogens (tertiary/aromatic N) is 1. The number of sulfonamides is 1. The van der Waals surface area contributed by atoms with Crippen LogP contribution >= 0.6 is 23.2 Å². The molecule has 2 aromatic rings. The predicted octanol–water partition coefficient (Wildman–Crippen LogP) is 3.80. The number of hydrogen-bond acceptors (Lipinski definition) is 3. The minimum atomic E-state index is -4.28. The number of carboxylic acid groups (broad SMARTS) is 1. The fourth-order valence-electron chi connectivity index (χ4n) is 2.06. The predicted molar refractivity (Wildman–Crippen MR) is 89.6 cm³/mol. The Labute approximate surface area is 148 Å². The Morgan fingerprint density at radius 2 is 1.62 bits per heavy atom. The average Bonchev–Trinajstić information content (AvgIpc) is 2.46. The zero-order valence-electron chi connectivity index (χ0n) is 12.3. The van der Waals surface area contributed by atoms with Gasteiger partial charge in [-0.2, -0.15) is 0 Å². The molecule has 0 radical (unpaired) electrons. The molecule has 0 heterocycles. The van der Waals surface area contributed by atoms with Crippen LogP contribution < -0.4 is 4.31 Å². The molecular formula is C15H12Cl2FNO4S. The third-order valence-electron chi connectivity index (χ3n) is 3.18. The molecule has 128 valence electrons. The standard InChI is InChI=1S/C15H12Cl2FNO4S/c1-9(15(20)21)19(13-7-10(16)6-11(17)8-13)24(22,23)14-4-2-12(18)3-5-14/h2-9H,1H3,(H,20,21). The smallest absolute Gasteiger partial charge is 0.327 e. The van der Waals surface area contributed by atoms with E-state index in [1.54, 1.807) is 0 Å². The van der Waals surface area contributed by atoms with Crippen LogP contribution in [0.5, 0.6) is 0 Å². The highest BCUT2D eigenvalue weighted by Gasteiger charge is 2.33. The number of carbonyl (C=O) groups is 1. The number of carboxylic acids is 1. The maximum Gasteiger partial charge on any atom is 0.327 e. The van der Waals surface area contributed by atoms with Crippen molar-refractivity contribution in [1.82, 2.24) is 0 Å². The summed E-state index contributed by atoms with van der Waals surface area (Å²) in [5.74, 6) is -1.98. The Kier molecular flexibility index (Phi) is 5.37. The minimum absolute atomic E-state index is 0.00766. The van der Waals surface area contributed by atoms with Gasteiger partial charge in [0.05, 0.1) is 10.6 Å². The van der Waals surface area contributed by atoms with Crippen LogP contribution in [0.4, 0.5) is 10.1 Å². The lowest BCUT2D eigenvalue weighted by Gasteiger charge is -2.28. The van der Waals surface area contributed by atoms with Gasteiger partial charge in [-0.05, 0) is 49.4 Å². The Hall–Kier alpha value is -1.83. The zero-order chi connectivity index (χ0) is 18.1. The van der Waals surface area contributed by atoms with Crippen LogP contribution in [-0.2, 0) is 14.8 Å². The van der Waals surface area contributed by atoms with Gasteiger partial charge < -0.3 is 5.11 Å². The lowest BCUT2D eigenvalue weighted by Crippen LogP contribution is -2.43. The summed E-state index contributed by atoms with van der Waals surface area (Å²) in [5, 5.41) is 9.57. The first-order chi connectivity index (χ1) is 11.1. The van der Waals surface area contributed by atoms with Gasteiger partial charge in [0.1, 0.15) is 11.9 Å². The molecule has 1 unspecified atom stereocenters. The molecule has 0 bridgehead atoms. The van der Waals surface area contributed by atoms with Crippen molar-refractivity contribution in [3.05, 3.63) is 58.3 Å².